The van der Waals surface area contributed by atoms with Crippen molar-refractivity contribution in [1.29, 1.82) is 0 Å². The van der Waals surface area contributed by atoms with Crippen LogP contribution in [-0.2, 0) is 0 Å². The Labute approximate surface area is 83.0 Å². The lowest BCUT2D eigenvalue weighted by Gasteiger charge is -2.09. The maximum absolute atomic E-state index is 9.40. The van der Waals surface area contributed by atoms with Crippen LogP contribution in [0, 0.1) is 0 Å². The third-order valence-corrected chi connectivity index (χ3v) is 2.39. The molecule has 0 radical (unpaired) electrons. The molecule has 0 aliphatic rings. The Kier molecular flexibility index (Phi) is 2.14. The molecule has 1 unspecified atom stereocenters. The Morgan fingerprint density at radius 1 is 1.21 bits per heavy atom. The Bertz CT molecular complexity index is 463. The van der Waals surface area contributed by atoms with Gasteiger partial charge in [0.2, 0.25) is 0 Å². The van der Waals surface area contributed by atoms with Crippen LogP contribution in [0.25, 0.3) is 10.8 Å². The lowest BCUT2D eigenvalue weighted by Crippen LogP contribution is -2.05. The minimum absolute atomic E-state index is 0.0134. The van der Waals surface area contributed by atoms with Crippen molar-refractivity contribution in [3.8, 4) is 5.75 Å². The maximum Gasteiger partial charge on any atom is 0.116 e. The Hall–Kier alpha value is -1.54. The van der Waals surface area contributed by atoms with E-state index in [-0.39, 0.29) is 11.8 Å². The van der Waals surface area contributed by atoms with Crippen LogP contribution < -0.4 is 5.73 Å². The molecule has 0 bridgehead atoms. The zero-order valence-corrected chi connectivity index (χ0v) is 8.07. The van der Waals surface area contributed by atoms with E-state index in [9.17, 15) is 5.11 Å². The van der Waals surface area contributed by atoms with Gasteiger partial charge in [0.1, 0.15) is 5.75 Å². The molecule has 0 spiro atoms. The van der Waals surface area contributed by atoms with Gasteiger partial charge in [0.05, 0.1) is 0 Å². The molecule has 0 fully saturated rings. The van der Waals surface area contributed by atoms with Gasteiger partial charge in [-0.1, -0.05) is 24.3 Å². The standard InChI is InChI=1S/C12H13NO/c1-8(13)11-4-2-3-9-5-6-10(14)7-12(9)11/h2-8,14H,13H2,1H3. The lowest BCUT2D eigenvalue weighted by molar-refractivity contribution is 0.476. The predicted octanol–water partition coefficient (Wildman–Crippen LogP) is 2.57. The molecule has 2 aromatic rings. The first-order chi connectivity index (χ1) is 6.68. The molecule has 0 aromatic heterocycles. The van der Waals surface area contributed by atoms with Gasteiger partial charge in [0, 0.05) is 6.04 Å². The second kappa shape index (κ2) is 3.31. The lowest BCUT2D eigenvalue weighted by atomic mass is 10.00. The summed E-state index contributed by atoms with van der Waals surface area (Å²) in [5.41, 5.74) is 6.92. The van der Waals surface area contributed by atoms with Gasteiger partial charge in [-0.25, -0.2) is 0 Å². The van der Waals surface area contributed by atoms with Gasteiger partial charge < -0.3 is 10.8 Å². The number of rotatable bonds is 1. The van der Waals surface area contributed by atoms with Gasteiger partial charge in [-0.3, -0.25) is 0 Å². The van der Waals surface area contributed by atoms with Crippen molar-refractivity contribution in [2.24, 2.45) is 5.73 Å². The first-order valence-corrected chi connectivity index (χ1v) is 4.66. The summed E-state index contributed by atoms with van der Waals surface area (Å²) in [5.74, 6) is 0.283. The highest BCUT2D eigenvalue weighted by Crippen LogP contribution is 2.26. The molecular weight excluding hydrogens is 174 g/mol. The number of phenolic OH excluding ortho intramolecular Hbond substituents is 1. The van der Waals surface area contributed by atoms with E-state index in [1.807, 2.05) is 31.2 Å². The summed E-state index contributed by atoms with van der Waals surface area (Å²) in [7, 11) is 0. The summed E-state index contributed by atoms with van der Waals surface area (Å²) in [6.07, 6.45) is 0. The largest absolute Gasteiger partial charge is 0.508 e. The molecular formula is C12H13NO. The molecule has 0 amide bonds. The van der Waals surface area contributed by atoms with Crippen LogP contribution in [0.1, 0.15) is 18.5 Å². The molecule has 1 atom stereocenters. The van der Waals surface area contributed by atoms with Crippen molar-refractivity contribution in [1.82, 2.24) is 0 Å². The van der Waals surface area contributed by atoms with E-state index in [2.05, 4.69) is 0 Å². The van der Waals surface area contributed by atoms with E-state index in [1.54, 1.807) is 12.1 Å². The SMILES string of the molecule is CC(N)c1cccc2ccc(O)cc12. The Morgan fingerprint density at radius 3 is 2.71 bits per heavy atom. The van der Waals surface area contributed by atoms with Crippen molar-refractivity contribution < 1.29 is 5.11 Å². The number of fused-ring (bicyclic) bond motifs is 1. The molecule has 14 heavy (non-hydrogen) atoms. The minimum atomic E-state index is -0.0134. The van der Waals surface area contributed by atoms with Gasteiger partial charge in [-0.2, -0.15) is 0 Å². The van der Waals surface area contributed by atoms with Crippen LogP contribution in [0.3, 0.4) is 0 Å². The quantitative estimate of drug-likeness (QED) is 0.720. The highest BCUT2D eigenvalue weighted by atomic mass is 16.3. The van der Waals surface area contributed by atoms with Crippen molar-refractivity contribution in [3.63, 3.8) is 0 Å². The summed E-state index contributed by atoms with van der Waals surface area (Å²) in [6.45, 7) is 1.94. The van der Waals surface area contributed by atoms with E-state index in [0.29, 0.717) is 0 Å². The second-order valence-corrected chi connectivity index (χ2v) is 3.54. The Morgan fingerprint density at radius 2 is 2.00 bits per heavy atom. The fraction of sp³-hybridized carbons (Fsp3) is 0.167. The maximum atomic E-state index is 9.40. The highest BCUT2D eigenvalue weighted by Gasteiger charge is 2.04. The molecule has 2 aromatic carbocycles. The summed E-state index contributed by atoms with van der Waals surface area (Å²) < 4.78 is 0. The van der Waals surface area contributed by atoms with Crippen molar-refractivity contribution >= 4 is 10.8 Å². The molecule has 0 saturated heterocycles. The van der Waals surface area contributed by atoms with Gasteiger partial charge in [0.15, 0.2) is 0 Å². The molecule has 72 valence electrons. The average Bonchev–Trinajstić information content (AvgIpc) is 2.16. The normalized spacial score (nSPS) is 13.0. The summed E-state index contributed by atoms with van der Waals surface area (Å²) in [4.78, 5) is 0. The van der Waals surface area contributed by atoms with Gasteiger partial charge in [-0.15, -0.1) is 0 Å². The van der Waals surface area contributed by atoms with Crippen LogP contribution in [0.2, 0.25) is 0 Å². The monoisotopic (exact) mass is 187 g/mol. The molecule has 2 heteroatoms. The number of hydrogen-bond acceptors (Lipinski definition) is 2. The van der Waals surface area contributed by atoms with Crippen LogP contribution in [0.4, 0.5) is 0 Å². The minimum Gasteiger partial charge on any atom is -0.508 e. The topological polar surface area (TPSA) is 46.2 Å². The molecule has 3 N–H and O–H groups in total. The van der Waals surface area contributed by atoms with Gasteiger partial charge in [-0.05, 0) is 35.4 Å². The molecule has 0 aliphatic carbocycles. The molecule has 2 nitrogen and oxygen atoms in total. The van der Waals surface area contributed by atoms with E-state index >= 15 is 0 Å². The zero-order chi connectivity index (χ0) is 10.1. The van der Waals surface area contributed by atoms with E-state index in [4.69, 9.17) is 5.73 Å². The number of nitrogens with two attached hydrogens (primary N) is 1. The number of benzene rings is 2. The molecule has 2 rings (SSSR count). The summed E-state index contributed by atoms with van der Waals surface area (Å²) in [5, 5.41) is 11.5. The molecule has 0 heterocycles. The van der Waals surface area contributed by atoms with E-state index in [1.165, 1.54) is 0 Å². The van der Waals surface area contributed by atoms with Crippen molar-refractivity contribution in [2.45, 2.75) is 13.0 Å². The van der Waals surface area contributed by atoms with E-state index < -0.39 is 0 Å². The first-order valence-electron chi connectivity index (χ1n) is 4.66. The number of aromatic hydroxyl groups is 1. The van der Waals surface area contributed by atoms with Gasteiger partial charge in [0.25, 0.3) is 0 Å². The van der Waals surface area contributed by atoms with E-state index in [0.717, 1.165) is 16.3 Å². The highest BCUT2D eigenvalue weighted by molar-refractivity contribution is 5.87. The predicted molar refractivity (Wildman–Crippen MR) is 58.2 cm³/mol. The number of hydrogen-bond donors (Lipinski definition) is 2. The van der Waals surface area contributed by atoms with Gasteiger partial charge >= 0.3 is 0 Å². The number of phenols is 1. The molecule has 0 aliphatic heterocycles. The first kappa shape index (κ1) is 9.03. The smallest absolute Gasteiger partial charge is 0.116 e. The fourth-order valence-electron chi connectivity index (χ4n) is 1.68. The third kappa shape index (κ3) is 1.44. The second-order valence-electron chi connectivity index (χ2n) is 3.54. The zero-order valence-electron chi connectivity index (χ0n) is 8.07. The van der Waals surface area contributed by atoms with Crippen LogP contribution in [0.15, 0.2) is 36.4 Å². The average molecular weight is 187 g/mol. The van der Waals surface area contributed by atoms with Crippen molar-refractivity contribution in [3.05, 3.63) is 42.0 Å². The molecule has 0 saturated carbocycles. The van der Waals surface area contributed by atoms with Crippen LogP contribution >= 0.6 is 0 Å². The fourth-order valence-corrected chi connectivity index (χ4v) is 1.68. The van der Waals surface area contributed by atoms with Crippen LogP contribution in [-0.4, -0.2) is 5.11 Å². The van der Waals surface area contributed by atoms with Crippen molar-refractivity contribution in [2.75, 3.05) is 0 Å². The third-order valence-electron chi connectivity index (χ3n) is 2.39. The Balaban J connectivity index is 2.77. The van der Waals surface area contributed by atoms with Crippen LogP contribution in [0.5, 0.6) is 5.75 Å². The summed E-state index contributed by atoms with van der Waals surface area (Å²) >= 11 is 0. The summed E-state index contributed by atoms with van der Waals surface area (Å²) in [6, 6.07) is 11.3.